The van der Waals surface area contributed by atoms with Gasteiger partial charge in [-0.3, -0.25) is 9.59 Å². The maximum absolute atomic E-state index is 13.3. The number of nitrogens with one attached hydrogen (secondary N) is 1. The van der Waals surface area contributed by atoms with Crippen LogP contribution in [0.5, 0.6) is 17.2 Å². The Hall–Kier alpha value is -4.01. The van der Waals surface area contributed by atoms with Crippen molar-refractivity contribution in [1.82, 2.24) is 15.4 Å². The highest BCUT2D eigenvalue weighted by Gasteiger charge is 2.22. The van der Waals surface area contributed by atoms with Gasteiger partial charge in [-0.05, 0) is 47.7 Å². The number of fused-ring (bicyclic) bond motifs is 1. The third-order valence-electron chi connectivity index (χ3n) is 7.15. The summed E-state index contributed by atoms with van der Waals surface area (Å²) in [5.74, 6) is 2.92. The summed E-state index contributed by atoms with van der Waals surface area (Å²) in [4.78, 5) is 27.7. The molecule has 2 aromatic carbocycles. The lowest BCUT2D eigenvalue weighted by Gasteiger charge is -2.22. The standard InChI is InChI=1S/C29H33N3O6/c1-35-23-10-6-21(7-11-23)17-32(28(33)13-9-20-4-2-3-5-20)18-24-15-25(31-38-24)29(34)30-16-22-8-12-26-27(14-22)37-19-36-26/h6-8,10-12,14-15,20H,2-5,9,13,16-19H2,1H3,(H,30,34). The molecule has 2 aliphatic rings. The molecule has 0 radical (unpaired) electrons. The zero-order valence-electron chi connectivity index (χ0n) is 21.6. The summed E-state index contributed by atoms with van der Waals surface area (Å²) in [6.07, 6.45) is 6.33. The Balaban J connectivity index is 1.21. The van der Waals surface area contributed by atoms with Crippen LogP contribution < -0.4 is 19.5 Å². The Morgan fingerprint density at radius 1 is 1.00 bits per heavy atom. The zero-order valence-corrected chi connectivity index (χ0v) is 21.6. The fourth-order valence-electron chi connectivity index (χ4n) is 4.97. The van der Waals surface area contributed by atoms with E-state index < -0.39 is 0 Å². The van der Waals surface area contributed by atoms with Crippen LogP contribution in [0.2, 0.25) is 0 Å². The second-order valence-electron chi connectivity index (χ2n) is 9.84. The highest BCUT2D eigenvalue weighted by atomic mass is 16.7. The van der Waals surface area contributed by atoms with Gasteiger partial charge in [-0.15, -0.1) is 0 Å². The number of hydrogen-bond acceptors (Lipinski definition) is 7. The second kappa shape index (κ2) is 12.0. The number of aromatic nitrogens is 1. The molecule has 200 valence electrons. The molecule has 1 fully saturated rings. The lowest BCUT2D eigenvalue weighted by molar-refractivity contribution is -0.133. The minimum absolute atomic E-state index is 0.0675. The smallest absolute Gasteiger partial charge is 0.273 e. The minimum atomic E-state index is -0.355. The van der Waals surface area contributed by atoms with E-state index in [0.717, 1.165) is 23.3 Å². The van der Waals surface area contributed by atoms with Crippen molar-refractivity contribution in [2.24, 2.45) is 5.92 Å². The number of nitrogens with zero attached hydrogens (tertiary/aromatic N) is 2. The summed E-state index contributed by atoms with van der Waals surface area (Å²) in [7, 11) is 1.63. The van der Waals surface area contributed by atoms with Gasteiger partial charge in [0.25, 0.3) is 5.91 Å². The van der Waals surface area contributed by atoms with Gasteiger partial charge in [0.05, 0.1) is 13.7 Å². The first kappa shape index (κ1) is 25.6. The van der Waals surface area contributed by atoms with Gasteiger partial charge < -0.3 is 29.0 Å². The average molecular weight is 520 g/mol. The SMILES string of the molecule is COc1ccc(CN(Cc2cc(C(=O)NCc3ccc4c(c3)OCO4)no2)C(=O)CCC2CCCC2)cc1. The van der Waals surface area contributed by atoms with Crippen LogP contribution in [-0.4, -0.2) is 35.8 Å². The van der Waals surface area contributed by atoms with Gasteiger partial charge in [-0.25, -0.2) is 0 Å². The number of methoxy groups -OCH3 is 1. The summed E-state index contributed by atoms with van der Waals surface area (Å²) in [5, 5.41) is 6.80. The Bertz CT molecular complexity index is 1250. The van der Waals surface area contributed by atoms with Gasteiger partial charge in [0.2, 0.25) is 12.7 Å². The molecule has 1 saturated carbocycles. The Morgan fingerprint density at radius 2 is 1.76 bits per heavy atom. The molecular weight excluding hydrogens is 486 g/mol. The molecule has 38 heavy (non-hydrogen) atoms. The van der Waals surface area contributed by atoms with Crippen LogP contribution >= 0.6 is 0 Å². The fourth-order valence-corrected chi connectivity index (χ4v) is 4.97. The molecule has 1 N–H and O–H groups in total. The molecule has 3 aromatic rings. The molecule has 2 amide bonds. The van der Waals surface area contributed by atoms with E-state index in [-0.39, 0.29) is 30.8 Å². The van der Waals surface area contributed by atoms with Gasteiger partial charge in [0.1, 0.15) is 5.75 Å². The van der Waals surface area contributed by atoms with E-state index >= 15 is 0 Å². The molecule has 1 aliphatic carbocycles. The molecule has 0 spiro atoms. The first-order valence-corrected chi connectivity index (χ1v) is 13.1. The maximum atomic E-state index is 13.3. The summed E-state index contributed by atoms with van der Waals surface area (Å²) in [6, 6.07) is 14.8. The van der Waals surface area contributed by atoms with Crippen LogP contribution in [0.3, 0.4) is 0 Å². The number of hydrogen-bond donors (Lipinski definition) is 1. The van der Waals surface area contributed by atoms with Crippen molar-refractivity contribution in [1.29, 1.82) is 0 Å². The first-order valence-electron chi connectivity index (χ1n) is 13.1. The monoisotopic (exact) mass is 519 g/mol. The van der Waals surface area contributed by atoms with Gasteiger partial charge in [0, 0.05) is 25.6 Å². The van der Waals surface area contributed by atoms with E-state index in [1.54, 1.807) is 18.1 Å². The summed E-state index contributed by atoms with van der Waals surface area (Å²) in [5.41, 5.74) is 2.04. The van der Waals surface area contributed by atoms with Crippen molar-refractivity contribution in [2.45, 2.75) is 58.2 Å². The second-order valence-corrected chi connectivity index (χ2v) is 9.84. The lowest BCUT2D eigenvalue weighted by Crippen LogP contribution is -2.30. The van der Waals surface area contributed by atoms with Crippen molar-refractivity contribution >= 4 is 11.8 Å². The van der Waals surface area contributed by atoms with Crippen LogP contribution in [0.1, 0.15) is 65.9 Å². The molecule has 9 heteroatoms. The largest absolute Gasteiger partial charge is 0.497 e. The van der Waals surface area contributed by atoms with E-state index in [2.05, 4.69) is 10.5 Å². The van der Waals surface area contributed by atoms with Crippen LogP contribution in [0.15, 0.2) is 53.1 Å². The number of benzene rings is 2. The third kappa shape index (κ3) is 6.45. The van der Waals surface area contributed by atoms with Crippen LogP contribution in [0.4, 0.5) is 0 Å². The maximum Gasteiger partial charge on any atom is 0.273 e. The average Bonchev–Trinajstić information content (AvgIpc) is 3.72. The molecule has 1 aromatic heterocycles. The molecule has 0 bridgehead atoms. The molecule has 9 nitrogen and oxygen atoms in total. The molecular formula is C29H33N3O6. The molecule has 1 aliphatic heterocycles. The van der Waals surface area contributed by atoms with E-state index in [1.165, 1.54) is 25.7 Å². The van der Waals surface area contributed by atoms with E-state index in [9.17, 15) is 9.59 Å². The first-order chi connectivity index (χ1) is 18.6. The summed E-state index contributed by atoms with van der Waals surface area (Å²) < 4.78 is 21.4. The van der Waals surface area contributed by atoms with Gasteiger partial charge in [0.15, 0.2) is 23.0 Å². The lowest BCUT2D eigenvalue weighted by atomic mass is 10.0. The zero-order chi connectivity index (χ0) is 26.3. The number of carbonyl (C=O) groups is 2. The van der Waals surface area contributed by atoms with Gasteiger partial charge in [-0.2, -0.15) is 0 Å². The number of amides is 2. The van der Waals surface area contributed by atoms with Crippen molar-refractivity contribution in [3.63, 3.8) is 0 Å². The predicted octanol–water partition coefficient (Wildman–Crippen LogP) is 4.84. The van der Waals surface area contributed by atoms with Crippen LogP contribution in [-0.2, 0) is 24.4 Å². The molecule has 5 rings (SSSR count). The number of carbonyl (C=O) groups excluding carboxylic acids is 2. The number of ether oxygens (including phenoxy) is 3. The van der Waals surface area contributed by atoms with E-state index in [4.69, 9.17) is 18.7 Å². The fraction of sp³-hybridized carbons (Fsp3) is 0.414. The summed E-state index contributed by atoms with van der Waals surface area (Å²) >= 11 is 0. The van der Waals surface area contributed by atoms with Crippen molar-refractivity contribution in [3.8, 4) is 17.2 Å². The Kier molecular flexibility index (Phi) is 8.11. The Morgan fingerprint density at radius 3 is 2.55 bits per heavy atom. The molecule has 0 saturated heterocycles. The molecule has 0 atom stereocenters. The van der Waals surface area contributed by atoms with Crippen molar-refractivity contribution in [2.75, 3.05) is 13.9 Å². The molecule has 0 unspecified atom stereocenters. The highest BCUT2D eigenvalue weighted by Crippen LogP contribution is 2.32. The quantitative estimate of drug-likeness (QED) is 0.387. The van der Waals surface area contributed by atoms with Crippen molar-refractivity contribution < 1.29 is 28.3 Å². The number of rotatable bonds is 11. The Labute approximate surface area is 222 Å². The normalized spacial score (nSPS) is 14.4. The van der Waals surface area contributed by atoms with E-state index in [0.29, 0.717) is 42.7 Å². The van der Waals surface area contributed by atoms with Gasteiger partial charge in [-0.1, -0.05) is 49.0 Å². The predicted molar refractivity (Wildman–Crippen MR) is 139 cm³/mol. The summed E-state index contributed by atoms with van der Waals surface area (Å²) in [6.45, 7) is 1.17. The highest BCUT2D eigenvalue weighted by molar-refractivity contribution is 5.92. The van der Waals surface area contributed by atoms with E-state index in [1.807, 2.05) is 42.5 Å². The topological polar surface area (TPSA) is 103 Å². The van der Waals surface area contributed by atoms with Crippen molar-refractivity contribution in [3.05, 3.63) is 71.1 Å². The molecule has 2 heterocycles. The van der Waals surface area contributed by atoms with Gasteiger partial charge >= 0.3 is 0 Å². The third-order valence-corrected chi connectivity index (χ3v) is 7.15. The van der Waals surface area contributed by atoms with Crippen LogP contribution in [0, 0.1) is 5.92 Å². The van der Waals surface area contributed by atoms with Crippen LogP contribution in [0.25, 0.3) is 0 Å². The minimum Gasteiger partial charge on any atom is -0.497 e.